The molecule has 2 amide bonds. The number of nitrogens with zero attached hydrogens (tertiary/aromatic N) is 2. The summed E-state index contributed by atoms with van der Waals surface area (Å²) in [5.41, 5.74) is 3.18. The zero-order chi connectivity index (χ0) is 18.5. The van der Waals surface area contributed by atoms with Crippen LogP contribution in [0.3, 0.4) is 0 Å². The lowest BCUT2D eigenvalue weighted by Gasteiger charge is -2.34. The molecular formula is C20H22N2O4. The summed E-state index contributed by atoms with van der Waals surface area (Å²) in [6, 6.07) is 14.6. The topological polar surface area (TPSA) is 81.1 Å². The summed E-state index contributed by atoms with van der Waals surface area (Å²) in [5, 5.41) is 18.5. The molecule has 0 radical (unpaired) electrons. The summed E-state index contributed by atoms with van der Waals surface area (Å²) in [5.74, 6) is -0.970. The molecule has 0 fully saturated rings. The first-order chi connectivity index (χ1) is 12.6. The molecule has 2 aromatic carbocycles. The summed E-state index contributed by atoms with van der Waals surface area (Å²) >= 11 is 0. The molecule has 0 spiro atoms. The molecule has 3 rings (SSSR count). The zero-order valence-corrected chi connectivity index (χ0v) is 14.5. The highest BCUT2D eigenvalue weighted by atomic mass is 16.4. The van der Waals surface area contributed by atoms with Crippen LogP contribution in [0.15, 0.2) is 48.5 Å². The van der Waals surface area contributed by atoms with Gasteiger partial charge >= 0.3 is 12.0 Å². The molecule has 0 aromatic heterocycles. The van der Waals surface area contributed by atoms with E-state index in [9.17, 15) is 14.7 Å². The van der Waals surface area contributed by atoms with Gasteiger partial charge in [0.1, 0.15) is 0 Å². The molecule has 1 aliphatic rings. The summed E-state index contributed by atoms with van der Waals surface area (Å²) in [7, 11) is 0. The number of hydrogen-bond donors (Lipinski definition) is 2. The quantitative estimate of drug-likeness (QED) is 0.864. The van der Waals surface area contributed by atoms with Crippen LogP contribution in [0.1, 0.15) is 27.0 Å². The Morgan fingerprint density at radius 3 is 2.54 bits per heavy atom. The highest BCUT2D eigenvalue weighted by Crippen LogP contribution is 2.22. The molecule has 0 saturated heterocycles. The minimum Gasteiger partial charge on any atom is -0.478 e. The summed E-state index contributed by atoms with van der Waals surface area (Å²) in [6.45, 7) is 1.54. The second-order valence-electron chi connectivity index (χ2n) is 6.37. The van der Waals surface area contributed by atoms with Crippen molar-refractivity contribution in [2.45, 2.75) is 19.5 Å². The van der Waals surface area contributed by atoms with E-state index in [4.69, 9.17) is 5.11 Å². The number of aromatic carboxylic acids is 1. The van der Waals surface area contributed by atoms with Crippen LogP contribution >= 0.6 is 0 Å². The van der Waals surface area contributed by atoms with E-state index in [-0.39, 0.29) is 24.7 Å². The Hall–Kier alpha value is -2.86. The number of carbonyl (C=O) groups is 2. The van der Waals surface area contributed by atoms with Gasteiger partial charge in [0, 0.05) is 26.2 Å². The maximum absolute atomic E-state index is 12.9. The fourth-order valence-corrected chi connectivity index (χ4v) is 3.22. The van der Waals surface area contributed by atoms with Crippen molar-refractivity contribution < 1.29 is 19.8 Å². The predicted octanol–water partition coefficient (Wildman–Crippen LogP) is 2.36. The minimum absolute atomic E-state index is 0.105. The summed E-state index contributed by atoms with van der Waals surface area (Å²) < 4.78 is 0. The van der Waals surface area contributed by atoms with Gasteiger partial charge in [0.15, 0.2) is 0 Å². The van der Waals surface area contributed by atoms with E-state index in [1.807, 2.05) is 36.4 Å². The largest absolute Gasteiger partial charge is 0.478 e. The molecule has 0 saturated carbocycles. The maximum Gasteiger partial charge on any atom is 0.335 e. The van der Waals surface area contributed by atoms with Gasteiger partial charge in [-0.2, -0.15) is 0 Å². The van der Waals surface area contributed by atoms with Crippen molar-refractivity contribution in [2.75, 3.05) is 19.7 Å². The monoisotopic (exact) mass is 354 g/mol. The highest BCUT2D eigenvalue weighted by molar-refractivity contribution is 5.88. The van der Waals surface area contributed by atoms with Gasteiger partial charge < -0.3 is 20.0 Å². The minimum atomic E-state index is -0.970. The number of carboxylic acids is 1. The number of benzene rings is 2. The van der Waals surface area contributed by atoms with Crippen molar-refractivity contribution in [3.8, 4) is 0 Å². The van der Waals surface area contributed by atoms with Crippen LogP contribution in [0.4, 0.5) is 4.79 Å². The molecule has 0 atom stereocenters. The van der Waals surface area contributed by atoms with Crippen LogP contribution in [0, 0.1) is 0 Å². The number of rotatable bonds is 5. The number of hydrogen-bond acceptors (Lipinski definition) is 3. The third-order valence-corrected chi connectivity index (χ3v) is 4.59. The van der Waals surface area contributed by atoms with E-state index in [1.165, 1.54) is 0 Å². The number of aliphatic hydroxyl groups is 1. The fraction of sp³-hybridized carbons (Fsp3) is 0.300. The third-order valence-electron chi connectivity index (χ3n) is 4.59. The first kappa shape index (κ1) is 17.9. The van der Waals surface area contributed by atoms with Crippen LogP contribution in [-0.2, 0) is 19.5 Å². The third kappa shape index (κ3) is 4.03. The fourth-order valence-electron chi connectivity index (χ4n) is 3.22. The zero-order valence-electron chi connectivity index (χ0n) is 14.5. The molecule has 0 unspecified atom stereocenters. The lowest BCUT2D eigenvalue weighted by molar-refractivity contribution is 0.0696. The van der Waals surface area contributed by atoms with Crippen molar-refractivity contribution >= 4 is 12.0 Å². The molecule has 2 N–H and O–H groups in total. The van der Waals surface area contributed by atoms with Crippen LogP contribution in [0.25, 0.3) is 0 Å². The van der Waals surface area contributed by atoms with Crippen molar-refractivity contribution in [3.63, 3.8) is 0 Å². The van der Waals surface area contributed by atoms with Crippen molar-refractivity contribution in [1.82, 2.24) is 9.80 Å². The van der Waals surface area contributed by atoms with Gasteiger partial charge in [-0.3, -0.25) is 0 Å². The standard InChI is InChI=1S/C20H22N2O4/c23-11-10-22(13-15-4-2-1-3-5-15)20(26)21-9-8-16-6-7-17(19(24)25)12-18(16)14-21/h1-7,12,23H,8-11,13-14H2,(H,24,25). The first-order valence-electron chi connectivity index (χ1n) is 8.62. The second kappa shape index (κ2) is 8.01. The summed E-state index contributed by atoms with van der Waals surface area (Å²) in [4.78, 5) is 27.5. The van der Waals surface area contributed by atoms with E-state index in [0.29, 0.717) is 26.1 Å². The van der Waals surface area contributed by atoms with Crippen molar-refractivity contribution in [2.24, 2.45) is 0 Å². The van der Waals surface area contributed by atoms with Crippen LogP contribution in [-0.4, -0.2) is 51.7 Å². The molecule has 136 valence electrons. The summed E-state index contributed by atoms with van der Waals surface area (Å²) in [6.07, 6.45) is 0.694. The average molecular weight is 354 g/mol. The molecular weight excluding hydrogens is 332 g/mol. The van der Waals surface area contributed by atoms with E-state index in [0.717, 1.165) is 16.7 Å². The van der Waals surface area contributed by atoms with E-state index < -0.39 is 5.97 Å². The smallest absolute Gasteiger partial charge is 0.335 e. The van der Waals surface area contributed by atoms with E-state index >= 15 is 0 Å². The molecule has 0 aliphatic carbocycles. The molecule has 2 aromatic rings. The number of carbonyl (C=O) groups excluding carboxylic acids is 1. The Morgan fingerprint density at radius 1 is 1.08 bits per heavy atom. The Kier molecular flexibility index (Phi) is 5.53. The van der Waals surface area contributed by atoms with E-state index in [1.54, 1.807) is 21.9 Å². The molecule has 0 bridgehead atoms. The lowest BCUT2D eigenvalue weighted by atomic mass is 9.97. The Balaban J connectivity index is 1.75. The Morgan fingerprint density at radius 2 is 1.85 bits per heavy atom. The van der Waals surface area contributed by atoms with Gasteiger partial charge in [-0.05, 0) is 35.2 Å². The molecule has 1 aliphatic heterocycles. The van der Waals surface area contributed by atoms with Gasteiger partial charge in [0.2, 0.25) is 0 Å². The highest BCUT2D eigenvalue weighted by Gasteiger charge is 2.25. The lowest BCUT2D eigenvalue weighted by Crippen LogP contribution is -2.46. The van der Waals surface area contributed by atoms with E-state index in [2.05, 4.69) is 0 Å². The second-order valence-corrected chi connectivity index (χ2v) is 6.37. The SMILES string of the molecule is O=C(O)c1ccc2c(c1)CN(C(=O)N(CCO)Cc1ccccc1)CC2. The van der Waals surface area contributed by atoms with Crippen LogP contribution < -0.4 is 0 Å². The molecule has 6 nitrogen and oxygen atoms in total. The molecule has 1 heterocycles. The van der Waals surface area contributed by atoms with Gasteiger partial charge in [-0.1, -0.05) is 36.4 Å². The number of fused-ring (bicyclic) bond motifs is 1. The average Bonchev–Trinajstić information content (AvgIpc) is 2.67. The van der Waals surface area contributed by atoms with Crippen molar-refractivity contribution in [1.29, 1.82) is 0 Å². The normalized spacial score (nSPS) is 13.2. The Bertz CT molecular complexity index is 792. The van der Waals surface area contributed by atoms with Gasteiger partial charge in [-0.25, -0.2) is 9.59 Å². The Labute approximate surface area is 152 Å². The predicted molar refractivity (Wildman–Crippen MR) is 96.8 cm³/mol. The first-order valence-corrected chi connectivity index (χ1v) is 8.62. The number of carboxylic acid groups (broad SMARTS) is 1. The van der Waals surface area contributed by atoms with Gasteiger partial charge in [0.05, 0.1) is 12.2 Å². The molecule has 26 heavy (non-hydrogen) atoms. The number of urea groups is 1. The van der Waals surface area contributed by atoms with Crippen LogP contribution in [0.2, 0.25) is 0 Å². The van der Waals surface area contributed by atoms with Crippen LogP contribution in [0.5, 0.6) is 0 Å². The van der Waals surface area contributed by atoms with Crippen molar-refractivity contribution in [3.05, 3.63) is 70.8 Å². The maximum atomic E-state index is 12.9. The number of amides is 2. The number of aliphatic hydroxyl groups excluding tert-OH is 1. The van der Waals surface area contributed by atoms with Gasteiger partial charge in [0.25, 0.3) is 0 Å². The molecule has 6 heteroatoms. The van der Waals surface area contributed by atoms with Gasteiger partial charge in [-0.15, -0.1) is 0 Å².